The van der Waals surface area contributed by atoms with Crippen LogP contribution in [0.1, 0.15) is 50.8 Å². The van der Waals surface area contributed by atoms with Crippen LogP contribution in [-0.4, -0.2) is 60.5 Å². The summed E-state index contributed by atoms with van der Waals surface area (Å²) in [7, 11) is -3.65. The summed E-state index contributed by atoms with van der Waals surface area (Å²) in [6.45, 7) is 5.57. The SMILES string of the molecule is CCCN1CCN(S(=O)(=O)c2ccc(-c3nnc(C4CCCC4)o3)o2)CC1. The van der Waals surface area contributed by atoms with E-state index in [1.165, 1.54) is 23.2 Å². The second-order valence-electron chi connectivity index (χ2n) is 7.29. The van der Waals surface area contributed by atoms with E-state index in [-0.39, 0.29) is 11.0 Å². The lowest BCUT2D eigenvalue weighted by molar-refractivity contribution is 0.187. The van der Waals surface area contributed by atoms with Crippen molar-refractivity contribution in [2.75, 3.05) is 32.7 Å². The molecule has 0 bridgehead atoms. The lowest BCUT2D eigenvalue weighted by Crippen LogP contribution is -2.48. The predicted molar refractivity (Wildman–Crippen MR) is 98.7 cm³/mol. The van der Waals surface area contributed by atoms with Gasteiger partial charge in [-0.05, 0) is 37.9 Å². The summed E-state index contributed by atoms with van der Waals surface area (Å²) in [5, 5.41) is 8.10. The van der Waals surface area contributed by atoms with Crippen LogP contribution in [0.3, 0.4) is 0 Å². The molecule has 4 rings (SSSR count). The Hall–Kier alpha value is -1.71. The average molecular weight is 394 g/mol. The quantitative estimate of drug-likeness (QED) is 0.744. The maximum Gasteiger partial charge on any atom is 0.283 e. The predicted octanol–water partition coefficient (Wildman–Crippen LogP) is 2.70. The highest BCUT2D eigenvalue weighted by atomic mass is 32.2. The van der Waals surface area contributed by atoms with E-state index in [9.17, 15) is 8.42 Å². The summed E-state index contributed by atoms with van der Waals surface area (Å²) in [5.41, 5.74) is 0. The van der Waals surface area contributed by atoms with Crippen molar-refractivity contribution in [1.29, 1.82) is 0 Å². The lowest BCUT2D eigenvalue weighted by Gasteiger charge is -2.33. The van der Waals surface area contributed by atoms with Gasteiger partial charge in [-0.15, -0.1) is 10.2 Å². The third-order valence-corrected chi connectivity index (χ3v) is 7.18. The van der Waals surface area contributed by atoms with Crippen LogP contribution < -0.4 is 0 Å². The van der Waals surface area contributed by atoms with Crippen LogP contribution in [0.2, 0.25) is 0 Å². The molecule has 1 aliphatic carbocycles. The highest BCUT2D eigenvalue weighted by Gasteiger charge is 2.31. The molecule has 2 aromatic rings. The Kier molecular flexibility index (Phi) is 5.34. The second-order valence-corrected chi connectivity index (χ2v) is 9.16. The van der Waals surface area contributed by atoms with Gasteiger partial charge in [-0.3, -0.25) is 0 Å². The number of sulfonamides is 1. The minimum atomic E-state index is -3.65. The summed E-state index contributed by atoms with van der Waals surface area (Å²) in [6, 6.07) is 3.06. The first-order valence-electron chi connectivity index (χ1n) is 9.74. The fourth-order valence-corrected chi connectivity index (χ4v) is 5.22. The Morgan fingerprint density at radius 2 is 1.81 bits per heavy atom. The van der Waals surface area contributed by atoms with Gasteiger partial charge in [-0.2, -0.15) is 4.31 Å². The van der Waals surface area contributed by atoms with E-state index >= 15 is 0 Å². The number of aromatic nitrogens is 2. The highest BCUT2D eigenvalue weighted by Crippen LogP contribution is 2.35. The summed E-state index contributed by atoms with van der Waals surface area (Å²) >= 11 is 0. The number of hydrogen-bond acceptors (Lipinski definition) is 7. The molecule has 0 atom stereocenters. The van der Waals surface area contributed by atoms with Crippen LogP contribution >= 0.6 is 0 Å². The first-order chi connectivity index (χ1) is 13.1. The summed E-state index contributed by atoms with van der Waals surface area (Å²) in [4.78, 5) is 2.28. The Labute approximate surface area is 159 Å². The van der Waals surface area contributed by atoms with E-state index in [2.05, 4.69) is 22.0 Å². The van der Waals surface area contributed by atoms with E-state index in [1.807, 2.05) is 0 Å². The molecule has 3 heterocycles. The van der Waals surface area contributed by atoms with E-state index in [0.717, 1.165) is 38.9 Å². The third-order valence-electron chi connectivity index (χ3n) is 5.40. The lowest BCUT2D eigenvalue weighted by atomic mass is 10.1. The number of rotatable bonds is 6. The van der Waals surface area contributed by atoms with Gasteiger partial charge in [0.15, 0.2) is 5.76 Å². The van der Waals surface area contributed by atoms with Crippen LogP contribution in [0.4, 0.5) is 0 Å². The molecule has 9 heteroatoms. The fraction of sp³-hybridized carbons (Fsp3) is 0.667. The number of nitrogens with zero attached hydrogens (tertiary/aromatic N) is 4. The minimum Gasteiger partial charge on any atom is -0.438 e. The van der Waals surface area contributed by atoms with Crippen LogP contribution in [0.5, 0.6) is 0 Å². The number of furan rings is 1. The van der Waals surface area contributed by atoms with Crippen molar-refractivity contribution < 1.29 is 17.3 Å². The fourth-order valence-electron chi connectivity index (χ4n) is 3.88. The van der Waals surface area contributed by atoms with Crippen molar-refractivity contribution in [3.8, 4) is 11.7 Å². The van der Waals surface area contributed by atoms with Gasteiger partial charge in [0.05, 0.1) is 0 Å². The van der Waals surface area contributed by atoms with Gasteiger partial charge in [-0.1, -0.05) is 19.8 Å². The van der Waals surface area contributed by atoms with Gasteiger partial charge in [0.1, 0.15) is 0 Å². The molecule has 8 nitrogen and oxygen atoms in total. The normalized spacial score (nSPS) is 20.5. The summed E-state index contributed by atoms with van der Waals surface area (Å²) < 4.78 is 38.5. The number of piperazine rings is 1. The molecule has 0 N–H and O–H groups in total. The molecule has 0 aromatic carbocycles. The van der Waals surface area contributed by atoms with Crippen LogP contribution in [0.25, 0.3) is 11.7 Å². The molecule has 1 saturated carbocycles. The van der Waals surface area contributed by atoms with Gasteiger partial charge >= 0.3 is 0 Å². The van der Waals surface area contributed by atoms with E-state index < -0.39 is 10.0 Å². The van der Waals surface area contributed by atoms with E-state index in [0.29, 0.717) is 30.7 Å². The molecule has 0 spiro atoms. The van der Waals surface area contributed by atoms with E-state index in [1.54, 1.807) is 6.07 Å². The Morgan fingerprint density at radius 1 is 1.07 bits per heavy atom. The third kappa shape index (κ3) is 3.81. The molecule has 148 valence electrons. The molecule has 2 aromatic heterocycles. The maximum absolute atomic E-state index is 12.9. The molecule has 27 heavy (non-hydrogen) atoms. The second kappa shape index (κ2) is 7.73. The molecule has 1 aliphatic heterocycles. The largest absolute Gasteiger partial charge is 0.438 e. The van der Waals surface area contributed by atoms with Crippen molar-refractivity contribution in [2.45, 2.75) is 50.0 Å². The molecule has 0 amide bonds. The summed E-state index contributed by atoms with van der Waals surface area (Å²) in [6.07, 6.45) is 5.54. The minimum absolute atomic E-state index is 0.0675. The van der Waals surface area contributed by atoms with Gasteiger partial charge in [-0.25, -0.2) is 8.42 Å². The first kappa shape index (κ1) is 18.6. The van der Waals surface area contributed by atoms with Crippen molar-refractivity contribution in [3.63, 3.8) is 0 Å². The smallest absolute Gasteiger partial charge is 0.283 e. The van der Waals surface area contributed by atoms with Crippen molar-refractivity contribution in [1.82, 2.24) is 19.4 Å². The van der Waals surface area contributed by atoms with Gasteiger partial charge < -0.3 is 13.7 Å². The molecular formula is C18H26N4O4S. The van der Waals surface area contributed by atoms with Crippen LogP contribution in [0.15, 0.2) is 26.1 Å². The molecule has 0 radical (unpaired) electrons. The zero-order valence-corrected chi connectivity index (χ0v) is 16.4. The van der Waals surface area contributed by atoms with Gasteiger partial charge in [0, 0.05) is 32.1 Å². The molecule has 2 fully saturated rings. The Balaban J connectivity index is 1.47. The molecule has 1 saturated heterocycles. The van der Waals surface area contributed by atoms with E-state index in [4.69, 9.17) is 8.83 Å². The standard InChI is InChI=1S/C18H26N4O4S/c1-2-9-21-10-12-22(13-11-21)27(23,24)16-8-7-15(25-16)18-20-19-17(26-18)14-5-3-4-6-14/h7-8,14H,2-6,9-13H2,1H3. The zero-order valence-electron chi connectivity index (χ0n) is 15.6. The highest BCUT2D eigenvalue weighted by molar-refractivity contribution is 7.89. The molecule has 2 aliphatic rings. The zero-order chi connectivity index (χ0) is 18.9. The Bertz CT molecular complexity index is 862. The van der Waals surface area contributed by atoms with Crippen LogP contribution in [0, 0.1) is 0 Å². The average Bonchev–Trinajstić information content (AvgIpc) is 3.42. The molecular weight excluding hydrogens is 368 g/mol. The number of hydrogen-bond donors (Lipinski definition) is 0. The topological polar surface area (TPSA) is 92.7 Å². The maximum atomic E-state index is 12.9. The first-order valence-corrected chi connectivity index (χ1v) is 11.2. The molecule has 0 unspecified atom stereocenters. The van der Waals surface area contributed by atoms with Crippen molar-refractivity contribution >= 4 is 10.0 Å². The van der Waals surface area contributed by atoms with Crippen LogP contribution in [-0.2, 0) is 10.0 Å². The monoisotopic (exact) mass is 394 g/mol. The van der Waals surface area contributed by atoms with Crippen molar-refractivity contribution in [3.05, 3.63) is 18.0 Å². The Morgan fingerprint density at radius 3 is 2.52 bits per heavy atom. The van der Waals surface area contributed by atoms with Crippen molar-refractivity contribution in [2.24, 2.45) is 0 Å². The van der Waals surface area contributed by atoms with Gasteiger partial charge in [0.25, 0.3) is 15.9 Å². The summed E-state index contributed by atoms with van der Waals surface area (Å²) in [5.74, 6) is 1.47. The van der Waals surface area contributed by atoms with Gasteiger partial charge in [0.2, 0.25) is 11.0 Å².